The van der Waals surface area contributed by atoms with E-state index in [4.69, 9.17) is 9.47 Å². The highest BCUT2D eigenvalue weighted by molar-refractivity contribution is 9.13. The molecule has 0 atom stereocenters. The van der Waals surface area contributed by atoms with Crippen LogP contribution in [-0.2, 0) is 6.42 Å². The summed E-state index contributed by atoms with van der Waals surface area (Å²) in [7, 11) is 1.67. The van der Waals surface area contributed by atoms with Crippen LogP contribution in [0, 0.1) is 0 Å². The van der Waals surface area contributed by atoms with Crippen LogP contribution in [-0.4, -0.2) is 13.7 Å². The second-order valence-electron chi connectivity index (χ2n) is 3.15. The van der Waals surface area contributed by atoms with Crippen LogP contribution in [0.1, 0.15) is 12.0 Å². The van der Waals surface area contributed by atoms with Gasteiger partial charge in [-0.15, -0.1) is 0 Å². The van der Waals surface area contributed by atoms with E-state index >= 15 is 0 Å². The smallest absolute Gasteiger partial charge is 0.138 e. The van der Waals surface area contributed by atoms with Gasteiger partial charge in [0.1, 0.15) is 11.5 Å². The van der Waals surface area contributed by atoms with E-state index in [1.165, 1.54) is 5.56 Å². The first-order valence-corrected chi connectivity index (χ1v) is 6.00. The maximum absolute atomic E-state index is 5.60. The van der Waals surface area contributed by atoms with Gasteiger partial charge in [0.2, 0.25) is 0 Å². The average molecular weight is 322 g/mol. The number of fused-ring (bicyclic) bond motifs is 1. The predicted octanol–water partition coefficient (Wildman–Crippen LogP) is 3.55. The molecule has 1 aliphatic heterocycles. The van der Waals surface area contributed by atoms with Gasteiger partial charge in [-0.05, 0) is 56.3 Å². The molecule has 0 saturated heterocycles. The topological polar surface area (TPSA) is 18.5 Å². The van der Waals surface area contributed by atoms with Gasteiger partial charge in [-0.25, -0.2) is 0 Å². The third-order valence-corrected chi connectivity index (χ3v) is 4.34. The summed E-state index contributed by atoms with van der Waals surface area (Å²) < 4.78 is 12.7. The molecule has 1 aromatic carbocycles. The molecule has 1 aromatic rings. The number of ether oxygens (including phenoxy) is 2. The van der Waals surface area contributed by atoms with E-state index in [1.807, 2.05) is 6.07 Å². The third-order valence-electron chi connectivity index (χ3n) is 2.26. The summed E-state index contributed by atoms with van der Waals surface area (Å²) in [5, 5.41) is 0. The van der Waals surface area contributed by atoms with Gasteiger partial charge in [0.05, 0.1) is 22.7 Å². The van der Waals surface area contributed by atoms with Gasteiger partial charge in [-0.3, -0.25) is 0 Å². The first-order chi connectivity index (χ1) is 6.74. The third kappa shape index (κ3) is 1.65. The molecule has 0 aromatic heterocycles. The van der Waals surface area contributed by atoms with E-state index in [2.05, 4.69) is 31.9 Å². The molecule has 76 valence electrons. The molecule has 0 aliphatic carbocycles. The van der Waals surface area contributed by atoms with Crippen LogP contribution >= 0.6 is 31.9 Å². The first kappa shape index (κ1) is 10.3. The largest absolute Gasteiger partial charge is 0.496 e. The number of aryl methyl sites for hydroxylation is 1. The number of halogens is 2. The molecule has 0 saturated carbocycles. The fourth-order valence-corrected chi connectivity index (χ4v) is 2.58. The molecular weight excluding hydrogens is 312 g/mol. The molecule has 0 bridgehead atoms. The Morgan fingerprint density at radius 2 is 2.14 bits per heavy atom. The van der Waals surface area contributed by atoms with Crippen LogP contribution in [0.2, 0.25) is 0 Å². The standard InChI is InChI=1S/C10H10Br2O2/c1-13-7-5-6-3-2-4-14-10(6)9(12)8(7)11/h5H,2-4H2,1H3. The minimum atomic E-state index is 0.796. The van der Waals surface area contributed by atoms with Crippen molar-refractivity contribution in [1.82, 2.24) is 0 Å². The molecule has 0 fully saturated rings. The Morgan fingerprint density at radius 1 is 1.36 bits per heavy atom. The van der Waals surface area contributed by atoms with Gasteiger partial charge >= 0.3 is 0 Å². The van der Waals surface area contributed by atoms with Crippen LogP contribution in [0.5, 0.6) is 11.5 Å². The predicted molar refractivity (Wildman–Crippen MR) is 62.2 cm³/mol. The summed E-state index contributed by atoms with van der Waals surface area (Å²) in [6.45, 7) is 0.796. The summed E-state index contributed by atoms with van der Waals surface area (Å²) in [6.07, 6.45) is 2.13. The molecule has 1 heterocycles. The van der Waals surface area contributed by atoms with Gasteiger partial charge in [0.25, 0.3) is 0 Å². The monoisotopic (exact) mass is 320 g/mol. The van der Waals surface area contributed by atoms with Crippen LogP contribution in [0.4, 0.5) is 0 Å². The minimum absolute atomic E-state index is 0.796. The average Bonchev–Trinajstić information content (AvgIpc) is 2.23. The first-order valence-electron chi connectivity index (χ1n) is 4.41. The van der Waals surface area contributed by atoms with Crippen molar-refractivity contribution in [3.05, 3.63) is 20.6 Å². The quantitative estimate of drug-likeness (QED) is 0.787. The van der Waals surface area contributed by atoms with Crippen LogP contribution in [0.25, 0.3) is 0 Å². The van der Waals surface area contributed by atoms with E-state index in [0.717, 1.165) is 39.9 Å². The molecule has 2 rings (SSSR count). The van der Waals surface area contributed by atoms with Crippen molar-refractivity contribution in [1.29, 1.82) is 0 Å². The van der Waals surface area contributed by atoms with Crippen molar-refractivity contribution in [2.75, 3.05) is 13.7 Å². The summed E-state index contributed by atoms with van der Waals surface area (Å²) in [6, 6.07) is 2.03. The zero-order valence-corrected chi connectivity index (χ0v) is 10.9. The highest BCUT2D eigenvalue weighted by Crippen LogP contribution is 2.43. The van der Waals surface area contributed by atoms with Gasteiger partial charge in [-0.2, -0.15) is 0 Å². The normalized spacial score (nSPS) is 14.5. The molecule has 4 heteroatoms. The molecule has 0 unspecified atom stereocenters. The van der Waals surface area contributed by atoms with E-state index in [9.17, 15) is 0 Å². The maximum Gasteiger partial charge on any atom is 0.138 e. The number of methoxy groups -OCH3 is 1. The Kier molecular flexibility index (Phi) is 3.02. The Labute approximate surface area is 99.8 Å². The highest BCUT2D eigenvalue weighted by Gasteiger charge is 2.19. The summed E-state index contributed by atoms with van der Waals surface area (Å²) in [5.74, 6) is 1.80. The SMILES string of the molecule is COc1cc2c(c(Br)c1Br)OCCC2. The van der Waals surface area contributed by atoms with E-state index in [1.54, 1.807) is 7.11 Å². The van der Waals surface area contributed by atoms with Crippen molar-refractivity contribution in [3.63, 3.8) is 0 Å². The fourth-order valence-electron chi connectivity index (χ4n) is 1.56. The number of rotatable bonds is 1. The Hall–Kier alpha value is -0.220. The molecule has 0 N–H and O–H groups in total. The molecule has 0 radical (unpaired) electrons. The van der Waals surface area contributed by atoms with Crippen LogP contribution in [0.3, 0.4) is 0 Å². The van der Waals surface area contributed by atoms with Crippen LogP contribution in [0.15, 0.2) is 15.0 Å². The van der Waals surface area contributed by atoms with Crippen molar-refractivity contribution in [3.8, 4) is 11.5 Å². The van der Waals surface area contributed by atoms with E-state index in [0.29, 0.717) is 0 Å². The summed E-state index contributed by atoms with van der Waals surface area (Å²) >= 11 is 6.97. The van der Waals surface area contributed by atoms with Crippen molar-refractivity contribution in [2.45, 2.75) is 12.8 Å². The van der Waals surface area contributed by atoms with Gasteiger partial charge < -0.3 is 9.47 Å². The zero-order chi connectivity index (χ0) is 10.1. The van der Waals surface area contributed by atoms with Crippen molar-refractivity contribution in [2.24, 2.45) is 0 Å². The summed E-state index contributed by atoms with van der Waals surface area (Å²) in [4.78, 5) is 0. The van der Waals surface area contributed by atoms with Gasteiger partial charge in [-0.1, -0.05) is 0 Å². The molecule has 1 aliphatic rings. The van der Waals surface area contributed by atoms with Crippen molar-refractivity contribution < 1.29 is 9.47 Å². The lowest BCUT2D eigenvalue weighted by Gasteiger charge is -2.20. The maximum atomic E-state index is 5.60. The second-order valence-corrected chi connectivity index (χ2v) is 4.73. The van der Waals surface area contributed by atoms with Crippen molar-refractivity contribution >= 4 is 31.9 Å². The molecule has 0 amide bonds. The van der Waals surface area contributed by atoms with Gasteiger partial charge in [0.15, 0.2) is 0 Å². The summed E-state index contributed by atoms with van der Waals surface area (Å²) in [5.41, 5.74) is 1.21. The Bertz CT molecular complexity index is 364. The van der Waals surface area contributed by atoms with E-state index in [-0.39, 0.29) is 0 Å². The molecule has 2 nitrogen and oxygen atoms in total. The lowest BCUT2D eigenvalue weighted by atomic mass is 10.1. The lowest BCUT2D eigenvalue weighted by molar-refractivity contribution is 0.284. The number of benzene rings is 1. The Morgan fingerprint density at radius 3 is 2.86 bits per heavy atom. The van der Waals surface area contributed by atoms with Gasteiger partial charge in [0, 0.05) is 0 Å². The second kappa shape index (κ2) is 4.11. The lowest BCUT2D eigenvalue weighted by Crippen LogP contribution is -2.09. The minimum Gasteiger partial charge on any atom is -0.496 e. The highest BCUT2D eigenvalue weighted by atomic mass is 79.9. The molecular formula is C10H10Br2O2. The molecule has 14 heavy (non-hydrogen) atoms. The zero-order valence-electron chi connectivity index (χ0n) is 7.77. The Balaban J connectivity index is 2.57. The molecule has 0 spiro atoms. The van der Waals surface area contributed by atoms with Crippen LogP contribution < -0.4 is 9.47 Å². The number of hydrogen-bond acceptors (Lipinski definition) is 2. The fraction of sp³-hybridized carbons (Fsp3) is 0.400. The number of hydrogen-bond donors (Lipinski definition) is 0. The van der Waals surface area contributed by atoms with E-state index < -0.39 is 0 Å².